The predicted molar refractivity (Wildman–Crippen MR) is 130 cm³/mol. The standard InChI is InChI=1S/C27H26N2O5/c1-4-17(2)18-9-12-20(13-10-18)34-16-25(30)28-19-11-14-23(24(15-19)33-3)29-26(31)21-7-5-6-8-22(21)27(29)32/h5-15,17H,4,16H2,1-3H3,(H,28,30)/t17-/m1/s1. The van der Waals surface area contributed by atoms with E-state index in [-0.39, 0.29) is 18.3 Å². The first-order chi connectivity index (χ1) is 16.4. The van der Waals surface area contributed by atoms with E-state index in [2.05, 4.69) is 19.2 Å². The van der Waals surface area contributed by atoms with Gasteiger partial charge in [0.15, 0.2) is 6.61 Å². The van der Waals surface area contributed by atoms with E-state index in [1.165, 1.54) is 12.7 Å². The van der Waals surface area contributed by atoms with Crippen LogP contribution >= 0.6 is 0 Å². The molecule has 1 aliphatic heterocycles. The van der Waals surface area contributed by atoms with Gasteiger partial charge in [-0.15, -0.1) is 0 Å². The SMILES string of the molecule is CC[C@@H](C)c1ccc(OCC(=O)Nc2ccc(N3C(=O)c4ccccc4C3=O)c(OC)c2)cc1. The van der Waals surface area contributed by atoms with Crippen LogP contribution in [0.3, 0.4) is 0 Å². The van der Waals surface area contributed by atoms with Crippen LogP contribution in [0, 0.1) is 0 Å². The van der Waals surface area contributed by atoms with Crippen LogP contribution in [-0.4, -0.2) is 31.4 Å². The molecule has 174 valence electrons. The number of benzene rings is 3. The topological polar surface area (TPSA) is 84.9 Å². The lowest BCUT2D eigenvalue weighted by Gasteiger charge is -2.18. The van der Waals surface area contributed by atoms with Crippen LogP contribution in [0.2, 0.25) is 0 Å². The Labute approximate surface area is 198 Å². The molecule has 1 heterocycles. The minimum atomic E-state index is -0.413. The molecule has 1 atom stereocenters. The van der Waals surface area contributed by atoms with Gasteiger partial charge in [-0.3, -0.25) is 14.4 Å². The van der Waals surface area contributed by atoms with Crippen LogP contribution in [-0.2, 0) is 4.79 Å². The van der Waals surface area contributed by atoms with Crippen molar-refractivity contribution >= 4 is 29.1 Å². The van der Waals surface area contributed by atoms with Crippen LogP contribution in [0.1, 0.15) is 52.5 Å². The molecular formula is C27H26N2O5. The van der Waals surface area contributed by atoms with Gasteiger partial charge in [-0.2, -0.15) is 0 Å². The number of amides is 3. The molecule has 0 aromatic heterocycles. The highest BCUT2D eigenvalue weighted by Gasteiger charge is 2.37. The molecule has 0 saturated carbocycles. The minimum absolute atomic E-state index is 0.162. The Kier molecular flexibility index (Phi) is 6.63. The average Bonchev–Trinajstić information content (AvgIpc) is 3.12. The number of carbonyl (C=O) groups is 3. The summed E-state index contributed by atoms with van der Waals surface area (Å²) in [5, 5.41) is 2.75. The Morgan fingerprint density at radius 2 is 1.62 bits per heavy atom. The second kappa shape index (κ2) is 9.79. The average molecular weight is 459 g/mol. The molecule has 0 fully saturated rings. The second-order valence-electron chi connectivity index (χ2n) is 8.09. The number of carbonyl (C=O) groups excluding carboxylic acids is 3. The van der Waals surface area contributed by atoms with Crippen LogP contribution < -0.4 is 19.7 Å². The second-order valence-corrected chi connectivity index (χ2v) is 8.09. The van der Waals surface area contributed by atoms with Crippen molar-refractivity contribution in [2.24, 2.45) is 0 Å². The zero-order valence-corrected chi connectivity index (χ0v) is 19.3. The molecule has 0 bridgehead atoms. The molecule has 3 aromatic carbocycles. The summed E-state index contributed by atoms with van der Waals surface area (Å²) in [5.41, 5.74) is 2.69. The number of rotatable bonds is 8. The normalized spacial score (nSPS) is 13.4. The van der Waals surface area contributed by atoms with Crippen molar-refractivity contribution in [1.82, 2.24) is 0 Å². The molecule has 3 amide bonds. The van der Waals surface area contributed by atoms with Crippen LogP contribution in [0.5, 0.6) is 11.5 Å². The van der Waals surface area contributed by atoms with E-state index in [0.717, 1.165) is 11.3 Å². The molecule has 0 spiro atoms. The lowest BCUT2D eigenvalue weighted by atomic mass is 9.99. The van der Waals surface area contributed by atoms with Gasteiger partial charge < -0.3 is 14.8 Å². The summed E-state index contributed by atoms with van der Waals surface area (Å²) in [6.07, 6.45) is 1.05. The number of hydrogen-bond acceptors (Lipinski definition) is 5. The zero-order chi connectivity index (χ0) is 24.2. The van der Waals surface area contributed by atoms with E-state index < -0.39 is 11.8 Å². The van der Waals surface area contributed by atoms with Gasteiger partial charge in [0.1, 0.15) is 11.5 Å². The summed E-state index contributed by atoms with van der Waals surface area (Å²) >= 11 is 0. The number of ether oxygens (including phenoxy) is 2. The molecule has 0 radical (unpaired) electrons. The fourth-order valence-corrected chi connectivity index (χ4v) is 3.82. The molecule has 7 nitrogen and oxygen atoms in total. The summed E-state index contributed by atoms with van der Waals surface area (Å²) < 4.78 is 11.0. The van der Waals surface area contributed by atoms with Crippen LogP contribution in [0.25, 0.3) is 0 Å². The smallest absolute Gasteiger partial charge is 0.266 e. The number of imide groups is 1. The third kappa shape index (κ3) is 4.50. The molecule has 3 aromatic rings. The van der Waals surface area contributed by atoms with Crippen molar-refractivity contribution in [2.75, 3.05) is 23.9 Å². The van der Waals surface area contributed by atoms with E-state index in [1.54, 1.807) is 42.5 Å². The van der Waals surface area contributed by atoms with Crippen molar-refractivity contribution in [1.29, 1.82) is 0 Å². The Balaban J connectivity index is 1.42. The van der Waals surface area contributed by atoms with E-state index in [1.807, 2.05) is 24.3 Å². The molecule has 7 heteroatoms. The molecule has 0 aliphatic carbocycles. The molecule has 4 rings (SSSR count). The number of nitrogens with one attached hydrogen (secondary N) is 1. The maximum atomic E-state index is 12.8. The highest BCUT2D eigenvalue weighted by atomic mass is 16.5. The van der Waals surface area contributed by atoms with E-state index in [9.17, 15) is 14.4 Å². The number of methoxy groups -OCH3 is 1. The largest absolute Gasteiger partial charge is 0.494 e. The quantitative estimate of drug-likeness (QED) is 0.479. The fraction of sp³-hybridized carbons (Fsp3) is 0.222. The Hall–Kier alpha value is -4.13. The van der Waals surface area contributed by atoms with Gasteiger partial charge in [0, 0.05) is 11.8 Å². The van der Waals surface area contributed by atoms with E-state index in [4.69, 9.17) is 9.47 Å². The minimum Gasteiger partial charge on any atom is -0.494 e. The van der Waals surface area contributed by atoms with E-state index >= 15 is 0 Å². The summed E-state index contributed by atoms with van der Waals surface area (Å²) in [6, 6.07) is 19.1. The number of fused-ring (bicyclic) bond motifs is 1. The highest BCUT2D eigenvalue weighted by molar-refractivity contribution is 6.34. The Morgan fingerprint density at radius 1 is 0.971 bits per heavy atom. The summed E-state index contributed by atoms with van der Waals surface area (Å²) in [5.74, 6) is 0.193. The first-order valence-electron chi connectivity index (χ1n) is 11.1. The first kappa shape index (κ1) is 23.0. The molecule has 1 N–H and O–H groups in total. The van der Waals surface area contributed by atoms with Crippen molar-refractivity contribution in [2.45, 2.75) is 26.2 Å². The lowest BCUT2D eigenvalue weighted by Crippen LogP contribution is -2.29. The zero-order valence-electron chi connectivity index (χ0n) is 19.3. The maximum absolute atomic E-state index is 12.8. The first-order valence-corrected chi connectivity index (χ1v) is 11.1. The lowest BCUT2D eigenvalue weighted by molar-refractivity contribution is -0.118. The number of nitrogens with zero attached hydrogens (tertiary/aromatic N) is 1. The Morgan fingerprint density at radius 3 is 2.21 bits per heavy atom. The third-order valence-corrected chi connectivity index (χ3v) is 5.93. The molecular weight excluding hydrogens is 432 g/mol. The van der Waals surface area contributed by atoms with E-state index in [0.29, 0.717) is 34.2 Å². The van der Waals surface area contributed by atoms with Gasteiger partial charge in [-0.25, -0.2) is 4.90 Å². The highest BCUT2D eigenvalue weighted by Crippen LogP contribution is 2.36. The van der Waals surface area contributed by atoms with Gasteiger partial charge in [-0.05, 0) is 54.3 Å². The van der Waals surface area contributed by atoms with Gasteiger partial charge in [-0.1, -0.05) is 38.1 Å². The third-order valence-electron chi connectivity index (χ3n) is 5.93. The van der Waals surface area contributed by atoms with Gasteiger partial charge in [0.05, 0.1) is 23.9 Å². The number of anilines is 2. The fourth-order valence-electron chi connectivity index (χ4n) is 3.82. The monoisotopic (exact) mass is 458 g/mol. The van der Waals surface area contributed by atoms with Crippen molar-refractivity contribution in [3.63, 3.8) is 0 Å². The molecule has 1 aliphatic rings. The molecule has 0 saturated heterocycles. The maximum Gasteiger partial charge on any atom is 0.266 e. The summed E-state index contributed by atoms with van der Waals surface area (Å²) in [6.45, 7) is 4.14. The van der Waals surface area contributed by atoms with Gasteiger partial charge >= 0.3 is 0 Å². The van der Waals surface area contributed by atoms with Crippen LogP contribution in [0.4, 0.5) is 11.4 Å². The van der Waals surface area contributed by atoms with Gasteiger partial charge in [0.2, 0.25) is 0 Å². The summed E-state index contributed by atoms with van der Waals surface area (Å²) in [4.78, 5) is 39.1. The molecule has 34 heavy (non-hydrogen) atoms. The van der Waals surface area contributed by atoms with Crippen LogP contribution in [0.15, 0.2) is 66.7 Å². The molecule has 0 unspecified atom stereocenters. The number of hydrogen-bond donors (Lipinski definition) is 1. The predicted octanol–water partition coefficient (Wildman–Crippen LogP) is 5.03. The van der Waals surface area contributed by atoms with Crippen molar-refractivity contribution < 1.29 is 23.9 Å². The Bertz CT molecular complexity index is 1200. The van der Waals surface area contributed by atoms with Crippen molar-refractivity contribution in [3.05, 3.63) is 83.4 Å². The van der Waals surface area contributed by atoms with Gasteiger partial charge in [0.25, 0.3) is 17.7 Å². The van der Waals surface area contributed by atoms with Crippen molar-refractivity contribution in [3.8, 4) is 11.5 Å². The summed E-state index contributed by atoms with van der Waals surface area (Å²) in [7, 11) is 1.44.